The van der Waals surface area contributed by atoms with Crippen LogP contribution in [-0.4, -0.2) is 33.2 Å². The average Bonchev–Trinajstić information content (AvgIpc) is 2.61. The van der Waals surface area contributed by atoms with Crippen LogP contribution in [0.2, 0.25) is 0 Å². The predicted molar refractivity (Wildman–Crippen MR) is 85.3 cm³/mol. The molecule has 120 valence electrons. The minimum atomic E-state index is -0.430. The number of carbonyl (C=O) groups excluding carboxylic acids is 2. The summed E-state index contributed by atoms with van der Waals surface area (Å²) in [6, 6.07) is 11.3. The first-order valence-corrected chi connectivity index (χ1v) is 6.80. The molecular formula is C17H17NO5. The van der Waals surface area contributed by atoms with E-state index in [4.69, 9.17) is 9.47 Å². The first-order chi connectivity index (χ1) is 11.1. The molecule has 0 aliphatic heterocycles. The lowest BCUT2D eigenvalue weighted by Crippen LogP contribution is -2.12. The van der Waals surface area contributed by atoms with Gasteiger partial charge >= 0.3 is 5.97 Å². The summed E-state index contributed by atoms with van der Waals surface area (Å²) >= 11 is 0. The summed E-state index contributed by atoms with van der Waals surface area (Å²) in [5.41, 5.74) is 1.37. The van der Waals surface area contributed by atoms with E-state index in [1.807, 2.05) is 0 Å². The molecule has 2 aromatic rings. The Morgan fingerprint density at radius 3 is 1.87 bits per heavy atom. The second-order valence-corrected chi connectivity index (χ2v) is 4.62. The van der Waals surface area contributed by atoms with Gasteiger partial charge in [0.1, 0.15) is 11.5 Å². The molecule has 2 rings (SSSR count). The maximum absolute atomic E-state index is 12.3. The van der Waals surface area contributed by atoms with Crippen LogP contribution in [-0.2, 0) is 4.74 Å². The number of methoxy groups -OCH3 is 3. The van der Waals surface area contributed by atoms with Crippen LogP contribution >= 0.6 is 0 Å². The molecule has 0 aliphatic carbocycles. The molecule has 0 atom stereocenters. The van der Waals surface area contributed by atoms with E-state index < -0.39 is 5.97 Å². The Balaban J connectivity index is 2.17. The van der Waals surface area contributed by atoms with Gasteiger partial charge in [0.15, 0.2) is 0 Å². The number of ether oxygens (including phenoxy) is 3. The number of hydrogen-bond donors (Lipinski definition) is 1. The normalized spacial score (nSPS) is 9.87. The van der Waals surface area contributed by atoms with Gasteiger partial charge in [-0.3, -0.25) is 4.79 Å². The van der Waals surface area contributed by atoms with E-state index in [0.717, 1.165) is 0 Å². The zero-order valence-corrected chi connectivity index (χ0v) is 13.1. The summed E-state index contributed by atoms with van der Waals surface area (Å²) in [6.45, 7) is 0. The molecule has 1 N–H and O–H groups in total. The number of benzene rings is 2. The number of amides is 1. The summed E-state index contributed by atoms with van der Waals surface area (Å²) < 4.78 is 14.9. The lowest BCUT2D eigenvalue weighted by atomic mass is 10.1. The number of nitrogens with one attached hydrogen (secondary N) is 1. The number of esters is 1. The molecule has 1 amide bonds. The Morgan fingerprint density at radius 1 is 0.826 bits per heavy atom. The van der Waals surface area contributed by atoms with Crippen molar-refractivity contribution in [3.63, 3.8) is 0 Å². The largest absolute Gasteiger partial charge is 0.497 e. The fourth-order valence-electron chi connectivity index (χ4n) is 1.95. The van der Waals surface area contributed by atoms with E-state index in [-0.39, 0.29) is 5.91 Å². The van der Waals surface area contributed by atoms with E-state index in [9.17, 15) is 9.59 Å². The molecule has 0 spiro atoms. The topological polar surface area (TPSA) is 73.9 Å². The highest BCUT2D eigenvalue weighted by molar-refractivity contribution is 6.05. The van der Waals surface area contributed by atoms with Crippen molar-refractivity contribution < 1.29 is 23.8 Å². The second kappa shape index (κ2) is 7.31. The monoisotopic (exact) mass is 315 g/mol. The zero-order chi connectivity index (χ0) is 16.8. The van der Waals surface area contributed by atoms with Crippen LogP contribution in [0.1, 0.15) is 20.7 Å². The van der Waals surface area contributed by atoms with Crippen LogP contribution in [0.3, 0.4) is 0 Å². The fourth-order valence-corrected chi connectivity index (χ4v) is 1.95. The quantitative estimate of drug-likeness (QED) is 0.859. The molecular weight excluding hydrogens is 298 g/mol. The lowest BCUT2D eigenvalue weighted by Gasteiger charge is -2.09. The predicted octanol–water partition coefficient (Wildman–Crippen LogP) is 2.74. The van der Waals surface area contributed by atoms with Crippen molar-refractivity contribution >= 4 is 17.6 Å². The van der Waals surface area contributed by atoms with E-state index in [1.54, 1.807) is 42.5 Å². The van der Waals surface area contributed by atoms with Crippen LogP contribution in [0.25, 0.3) is 0 Å². The van der Waals surface area contributed by atoms with Crippen LogP contribution < -0.4 is 14.8 Å². The number of hydrogen-bond acceptors (Lipinski definition) is 5. The van der Waals surface area contributed by atoms with Gasteiger partial charge in [-0.05, 0) is 36.4 Å². The molecule has 6 nitrogen and oxygen atoms in total. The van der Waals surface area contributed by atoms with Gasteiger partial charge in [-0.2, -0.15) is 0 Å². The van der Waals surface area contributed by atoms with Gasteiger partial charge in [0.05, 0.1) is 26.9 Å². The number of anilines is 1. The highest BCUT2D eigenvalue weighted by Gasteiger charge is 2.11. The van der Waals surface area contributed by atoms with Gasteiger partial charge in [-0.25, -0.2) is 4.79 Å². The highest BCUT2D eigenvalue weighted by atomic mass is 16.5. The maximum Gasteiger partial charge on any atom is 0.337 e. The minimum absolute atomic E-state index is 0.312. The summed E-state index contributed by atoms with van der Waals surface area (Å²) in [5, 5.41) is 2.74. The fraction of sp³-hybridized carbons (Fsp3) is 0.176. The summed E-state index contributed by atoms with van der Waals surface area (Å²) in [5.74, 6) is 0.305. The second-order valence-electron chi connectivity index (χ2n) is 4.62. The molecule has 0 unspecified atom stereocenters. The van der Waals surface area contributed by atoms with Gasteiger partial charge in [0.2, 0.25) is 0 Å². The molecule has 0 saturated heterocycles. The average molecular weight is 315 g/mol. The first kappa shape index (κ1) is 16.4. The number of rotatable bonds is 5. The van der Waals surface area contributed by atoms with Crippen molar-refractivity contribution in [3.8, 4) is 11.5 Å². The van der Waals surface area contributed by atoms with Crippen molar-refractivity contribution in [1.29, 1.82) is 0 Å². The SMILES string of the molecule is COC(=O)c1ccc(NC(=O)c2cc(OC)cc(OC)c2)cc1. The Bertz CT molecular complexity index is 687. The summed E-state index contributed by atoms with van der Waals surface area (Å²) in [7, 11) is 4.35. The van der Waals surface area contributed by atoms with Gasteiger partial charge in [-0.1, -0.05) is 0 Å². The third-order valence-electron chi connectivity index (χ3n) is 3.18. The van der Waals surface area contributed by atoms with Crippen LogP contribution in [0, 0.1) is 0 Å². The van der Waals surface area contributed by atoms with E-state index in [1.165, 1.54) is 21.3 Å². The van der Waals surface area contributed by atoms with Gasteiger partial charge in [0.25, 0.3) is 5.91 Å². The Hall–Kier alpha value is -3.02. The standard InChI is InChI=1S/C17H17NO5/c1-21-14-8-12(9-15(10-14)22-2)16(19)18-13-6-4-11(5-7-13)17(20)23-3/h4-10H,1-3H3,(H,18,19). The van der Waals surface area contributed by atoms with Gasteiger partial charge < -0.3 is 19.5 Å². The third-order valence-corrected chi connectivity index (χ3v) is 3.18. The molecule has 2 aromatic carbocycles. The highest BCUT2D eigenvalue weighted by Crippen LogP contribution is 2.23. The molecule has 0 aromatic heterocycles. The van der Waals surface area contributed by atoms with E-state index in [2.05, 4.69) is 10.1 Å². The zero-order valence-electron chi connectivity index (χ0n) is 13.1. The number of carbonyl (C=O) groups is 2. The third kappa shape index (κ3) is 4.00. The lowest BCUT2D eigenvalue weighted by molar-refractivity contribution is 0.0600. The molecule has 0 bridgehead atoms. The van der Waals surface area contributed by atoms with Crippen LogP contribution in [0.15, 0.2) is 42.5 Å². The van der Waals surface area contributed by atoms with Gasteiger partial charge in [0, 0.05) is 17.3 Å². The molecule has 0 fully saturated rings. The van der Waals surface area contributed by atoms with Crippen molar-refractivity contribution in [1.82, 2.24) is 0 Å². The maximum atomic E-state index is 12.3. The molecule has 0 aliphatic rings. The van der Waals surface area contributed by atoms with Crippen LogP contribution in [0.5, 0.6) is 11.5 Å². The van der Waals surface area contributed by atoms with Crippen molar-refractivity contribution in [2.24, 2.45) is 0 Å². The summed E-state index contributed by atoms with van der Waals surface area (Å²) in [6.07, 6.45) is 0. The van der Waals surface area contributed by atoms with Crippen LogP contribution in [0.4, 0.5) is 5.69 Å². The van der Waals surface area contributed by atoms with Crippen molar-refractivity contribution in [2.45, 2.75) is 0 Å². The smallest absolute Gasteiger partial charge is 0.337 e. The molecule has 0 radical (unpaired) electrons. The molecule has 23 heavy (non-hydrogen) atoms. The Morgan fingerprint density at radius 2 is 1.39 bits per heavy atom. The Kier molecular flexibility index (Phi) is 5.19. The van der Waals surface area contributed by atoms with Gasteiger partial charge in [-0.15, -0.1) is 0 Å². The Labute approximate surface area is 134 Å². The van der Waals surface area contributed by atoms with E-state index >= 15 is 0 Å². The summed E-state index contributed by atoms with van der Waals surface area (Å²) in [4.78, 5) is 23.7. The first-order valence-electron chi connectivity index (χ1n) is 6.80. The molecule has 6 heteroatoms. The molecule has 0 saturated carbocycles. The minimum Gasteiger partial charge on any atom is -0.497 e. The molecule has 0 heterocycles. The van der Waals surface area contributed by atoms with Crippen molar-refractivity contribution in [2.75, 3.05) is 26.6 Å². The van der Waals surface area contributed by atoms with E-state index in [0.29, 0.717) is 28.3 Å². The van der Waals surface area contributed by atoms with Crippen molar-refractivity contribution in [3.05, 3.63) is 53.6 Å².